The van der Waals surface area contributed by atoms with Crippen molar-refractivity contribution in [3.05, 3.63) is 63.1 Å². The van der Waals surface area contributed by atoms with E-state index < -0.39 is 11.9 Å². The van der Waals surface area contributed by atoms with E-state index in [4.69, 9.17) is 40.5 Å². The van der Waals surface area contributed by atoms with Crippen LogP contribution in [0.4, 0.5) is 5.69 Å². The van der Waals surface area contributed by atoms with Gasteiger partial charge in [0, 0.05) is 11.3 Å². The van der Waals surface area contributed by atoms with Crippen LogP contribution in [0.25, 0.3) is 0 Å². The van der Waals surface area contributed by atoms with Gasteiger partial charge in [-0.1, -0.05) is 29.3 Å². The molecule has 3 N–H and O–H groups in total. The Morgan fingerprint density at radius 3 is 2.46 bits per heavy atom. The molecule has 0 fully saturated rings. The molecule has 124 valence electrons. The van der Waals surface area contributed by atoms with Gasteiger partial charge < -0.3 is 10.4 Å². The average molecular weight is 383 g/mol. The molecule has 5 nitrogen and oxygen atoms in total. The third-order valence-corrected chi connectivity index (χ3v) is 4.16. The second kappa shape index (κ2) is 7.61. The molecule has 0 aromatic heterocycles. The van der Waals surface area contributed by atoms with Crippen molar-refractivity contribution in [3.63, 3.8) is 0 Å². The number of carbonyl (C=O) groups excluding carboxylic acids is 1. The lowest BCUT2D eigenvalue weighted by Gasteiger charge is -2.13. The van der Waals surface area contributed by atoms with Gasteiger partial charge in [0.15, 0.2) is 5.11 Å². The maximum Gasteiger partial charge on any atom is 0.336 e. The number of halogens is 2. The minimum Gasteiger partial charge on any atom is -0.478 e. The van der Waals surface area contributed by atoms with Gasteiger partial charge in [-0.15, -0.1) is 0 Å². The first kappa shape index (κ1) is 18.2. The number of carboxylic acid groups (broad SMARTS) is 1. The molecule has 0 heterocycles. The van der Waals surface area contributed by atoms with E-state index in [0.29, 0.717) is 21.8 Å². The Labute approximate surface area is 153 Å². The Morgan fingerprint density at radius 1 is 1.12 bits per heavy atom. The second-order valence-electron chi connectivity index (χ2n) is 4.82. The smallest absolute Gasteiger partial charge is 0.336 e. The number of nitrogens with one attached hydrogen (secondary N) is 2. The molecule has 2 aromatic rings. The van der Waals surface area contributed by atoms with Crippen LogP contribution in [0, 0.1) is 6.92 Å². The van der Waals surface area contributed by atoms with Crippen molar-refractivity contribution in [3.8, 4) is 0 Å². The predicted molar refractivity (Wildman–Crippen MR) is 98.3 cm³/mol. The number of carboxylic acids is 1. The lowest BCUT2D eigenvalue weighted by atomic mass is 10.1. The van der Waals surface area contributed by atoms with Crippen molar-refractivity contribution < 1.29 is 14.7 Å². The van der Waals surface area contributed by atoms with Crippen molar-refractivity contribution >= 4 is 58.1 Å². The fourth-order valence-electron chi connectivity index (χ4n) is 1.97. The van der Waals surface area contributed by atoms with Crippen molar-refractivity contribution in [1.29, 1.82) is 0 Å². The summed E-state index contributed by atoms with van der Waals surface area (Å²) in [6, 6.07) is 9.19. The highest BCUT2D eigenvalue weighted by molar-refractivity contribution is 7.80. The first-order chi connectivity index (χ1) is 11.3. The van der Waals surface area contributed by atoms with Gasteiger partial charge in [0.2, 0.25) is 0 Å². The van der Waals surface area contributed by atoms with E-state index in [1.165, 1.54) is 24.3 Å². The van der Waals surface area contributed by atoms with Gasteiger partial charge in [0.05, 0.1) is 15.6 Å². The summed E-state index contributed by atoms with van der Waals surface area (Å²) in [6.07, 6.45) is 0. The number of rotatable bonds is 3. The minimum absolute atomic E-state index is 0.0386. The number of hydrogen-bond donors (Lipinski definition) is 3. The maximum atomic E-state index is 12.1. The number of anilines is 1. The average Bonchev–Trinajstić information content (AvgIpc) is 2.51. The van der Waals surface area contributed by atoms with Crippen molar-refractivity contribution in [2.45, 2.75) is 6.92 Å². The second-order valence-corrected chi connectivity index (χ2v) is 6.04. The summed E-state index contributed by atoms with van der Waals surface area (Å²) in [4.78, 5) is 23.3. The van der Waals surface area contributed by atoms with Crippen LogP contribution >= 0.6 is 35.4 Å². The third-order valence-electron chi connectivity index (χ3n) is 3.22. The van der Waals surface area contributed by atoms with Crippen LogP contribution in [0.15, 0.2) is 36.4 Å². The molecular formula is C16H12Cl2N2O3S. The Balaban J connectivity index is 2.11. The molecule has 8 heteroatoms. The summed E-state index contributed by atoms with van der Waals surface area (Å²) in [6.45, 7) is 1.65. The molecule has 0 radical (unpaired) electrons. The van der Waals surface area contributed by atoms with E-state index in [-0.39, 0.29) is 15.7 Å². The molecule has 0 aliphatic rings. The molecule has 0 spiro atoms. The first-order valence-electron chi connectivity index (χ1n) is 6.70. The highest BCUT2D eigenvalue weighted by Crippen LogP contribution is 2.22. The molecule has 0 atom stereocenters. The summed E-state index contributed by atoms with van der Waals surface area (Å²) in [5, 5.41) is 15.1. The van der Waals surface area contributed by atoms with Gasteiger partial charge in [-0.25, -0.2) is 4.79 Å². The molecule has 2 aromatic carbocycles. The lowest BCUT2D eigenvalue weighted by molar-refractivity contribution is 0.0696. The Morgan fingerprint density at radius 2 is 1.83 bits per heavy atom. The molecule has 0 bridgehead atoms. The van der Waals surface area contributed by atoms with Crippen molar-refractivity contribution in [2.75, 3.05) is 5.32 Å². The number of carbonyl (C=O) groups is 2. The number of aromatic carboxylic acids is 1. The molecule has 2 rings (SSSR count). The highest BCUT2D eigenvalue weighted by atomic mass is 35.5. The van der Waals surface area contributed by atoms with E-state index in [2.05, 4.69) is 10.6 Å². The normalized spacial score (nSPS) is 10.1. The van der Waals surface area contributed by atoms with Gasteiger partial charge in [-0.2, -0.15) is 0 Å². The van der Waals surface area contributed by atoms with Crippen LogP contribution in [-0.4, -0.2) is 22.1 Å². The summed E-state index contributed by atoms with van der Waals surface area (Å²) < 4.78 is 0. The fraction of sp³-hybridized carbons (Fsp3) is 0.0625. The van der Waals surface area contributed by atoms with Gasteiger partial charge in [-0.05, 0) is 55.0 Å². The molecular weight excluding hydrogens is 371 g/mol. The number of benzene rings is 2. The van der Waals surface area contributed by atoms with E-state index in [1.54, 1.807) is 19.1 Å². The SMILES string of the molecule is Cc1c(NC(=S)NC(=O)c2ccc(Cl)c(Cl)c2)cccc1C(=O)O. The lowest BCUT2D eigenvalue weighted by Crippen LogP contribution is -2.34. The molecule has 0 unspecified atom stereocenters. The predicted octanol–water partition coefficient (Wildman–Crippen LogP) is 4.13. The molecule has 24 heavy (non-hydrogen) atoms. The van der Waals surface area contributed by atoms with Crippen LogP contribution in [-0.2, 0) is 0 Å². The van der Waals surface area contributed by atoms with E-state index >= 15 is 0 Å². The van der Waals surface area contributed by atoms with Crippen LogP contribution < -0.4 is 10.6 Å². The number of hydrogen-bond acceptors (Lipinski definition) is 3. The quantitative estimate of drug-likeness (QED) is 0.695. The molecule has 0 saturated carbocycles. The largest absolute Gasteiger partial charge is 0.478 e. The summed E-state index contributed by atoms with van der Waals surface area (Å²) in [5.41, 5.74) is 1.45. The third kappa shape index (κ3) is 4.23. The number of amides is 1. The summed E-state index contributed by atoms with van der Waals surface area (Å²) in [7, 11) is 0. The van der Waals surface area contributed by atoms with Gasteiger partial charge in [0.25, 0.3) is 5.91 Å². The maximum absolute atomic E-state index is 12.1. The Bertz CT molecular complexity index is 840. The van der Waals surface area contributed by atoms with Crippen LogP contribution in [0.5, 0.6) is 0 Å². The van der Waals surface area contributed by atoms with Gasteiger partial charge in [-0.3, -0.25) is 10.1 Å². The van der Waals surface area contributed by atoms with Crippen LogP contribution in [0.2, 0.25) is 10.0 Å². The zero-order chi connectivity index (χ0) is 17.9. The van der Waals surface area contributed by atoms with Gasteiger partial charge in [0.1, 0.15) is 0 Å². The monoisotopic (exact) mass is 382 g/mol. The molecule has 1 amide bonds. The minimum atomic E-state index is -1.04. The van der Waals surface area contributed by atoms with E-state index in [9.17, 15) is 9.59 Å². The zero-order valence-corrected chi connectivity index (χ0v) is 14.7. The topological polar surface area (TPSA) is 78.4 Å². The summed E-state index contributed by atoms with van der Waals surface area (Å²) in [5.74, 6) is -1.50. The standard InChI is InChI=1S/C16H12Cl2N2O3S/c1-8-10(15(22)23)3-2-4-13(8)19-16(24)20-14(21)9-5-6-11(17)12(18)7-9/h2-7H,1H3,(H,22,23)(H2,19,20,21,24). The van der Waals surface area contributed by atoms with Crippen molar-refractivity contribution in [1.82, 2.24) is 5.32 Å². The van der Waals surface area contributed by atoms with Crippen molar-refractivity contribution in [2.24, 2.45) is 0 Å². The Hall–Kier alpha value is -2.15. The fourth-order valence-corrected chi connectivity index (χ4v) is 2.47. The molecule has 0 saturated heterocycles. The Kier molecular flexibility index (Phi) is 5.77. The van der Waals surface area contributed by atoms with Crippen LogP contribution in [0.1, 0.15) is 26.3 Å². The summed E-state index contributed by atoms with van der Waals surface area (Å²) >= 11 is 16.8. The van der Waals surface area contributed by atoms with Crippen LogP contribution in [0.3, 0.4) is 0 Å². The molecule has 0 aliphatic carbocycles. The first-order valence-corrected chi connectivity index (χ1v) is 7.86. The van der Waals surface area contributed by atoms with E-state index in [0.717, 1.165) is 0 Å². The number of thiocarbonyl (C=S) groups is 1. The molecule has 0 aliphatic heterocycles. The van der Waals surface area contributed by atoms with Gasteiger partial charge >= 0.3 is 5.97 Å². The zero-order valence-electron chi connectivity index (χ0n) is 12.4. The highest BCUT2D eigenvalue weighted by Gasteiger charge is 2.13. The van der Waals surface area contributed by atoms with E-state index in [1.807, 2.05) is 0 Å².